The SMILES string of the molecule is Cc1nc(CN)c(-c2cccnc2)o1. The van der Waals surface area contributed by atoms with E-state index in [1.807, 2.05) is 12.1 Å². The molecular formula is C10H11N3O. The van der Waals surface area contributed by atoms with Gasteiger partial charge in [-0.25, -0.2) is 4.98 Å². The molecule has 0 aliphatic heterocycles. The predicted octanol–water partition coefficient (Wildman–Crippen LogP) is 1.50. The highest BCUT2D eigenvalue weighted by Gasteiger charge is 2.11. The van der Waals surface area contributed by atoms with Crippen molar-refractivity contribution in [3.8, 4) is 11.3 Å². The summed E-state index contributed by atoms with van der Waals surface area (Å²) in [5, 5.41) is 0. The zero-order valence-corrected chi connectivity index (χ0v) is 7.90. The molecular weight excluding hydrogens is 178 g/mol. The van der Waals surface area contributed by atoms with Crippen LogP contribution in [0.3, 0.4) is 0 Å². The monoisotopic (exact) mass is 189 g/mol. The Morgan fingerprint density at radius 2 is 2.36 bits per heavy atom. The normalized spacial score (nSPS) is 10.4. The van der Waals surface area contributed by atoms with Crippen LogP contribution >= 0.6 is 0 Å². The van der Waals surface area contributed by atoms with Gasteiger partial charge in [0.1, 0.15) is 5.69 Å². The smallest absolute Gasteiger partial charge is 0.192 e. The van der Waals surface area contributed by atoms with Crippen LogP contribution in [0.5, 0.6) is 0 Å². The van der Waals surface area contributed by atoms with E-state index in [4.69, 9.17) is 10.2 Å². The third-order valence-corrected chi connectivity index (χ3v) is 1.92. The summed E-state index contributed by atoms with van der Waals surface area (Å²) >= 11 is 0. The van der Waals surface area contributed by atoms with Crippen LogP contribution in [0, 0.1) is 6.92 Å². The van der Waals surface area contributed by atoms with E-state index in [1.54, 1.807) is 19.3 Å². The fourth-order valence-corrected chi connectivity index (χ4v) is 1.33. The number of hydrogen-bond donors (Lipinski definition) is 1. The van der Waals surface area contributed by atoms with Gasteiger partial charge in [-0.1, -0.05) is 0 Å². The third-order valence-electron chi connectivity index (χ3n) is 1.92. The molecule has 0 aromatic carbocycles. The number of nitrogens with zero attached hydrogens (tertiary/aromatic N) is 2. The minimum atomic E-state index is 0.377. The molecule has 2 heterocycles. The third kappa shape index (κ3) is 1.52. The Bertz CT molecular complexity index is 422. The predicted molar refractivity (Wildman–Crippen MR) is 52.4 cm³/mol. The first-order chi connectivity index (χ1) is 6.81. The first-order valence-corrected chi connectivity index (χ1v) is 4.38. The van der Waals surface area contributed by atoms with Gasteiger partial charge in [-0.2, -0.15) is 0 Å². The van der Waals surface area contributed by atoms with Gasteiger partial charge in [0.2, 0.25) is 0 Å². The van der Waals surface area contributed by atoms with Gasteiger partial charge in [0, 0.05) is 31.4 Å². The summed E-state index contributed by atoms with van der Waals surface area (Å²) in [6, 6.07) is 3.78. The van der Waals surface area contributed by atoms with Crippen LogP contribution in [-0.2, 0) is 6.54 Å². The number of rotatable bonds is 2. The van der Waals surface area contributed by atoms with Gasteiger partial charge in [-0.15, -0.1) is 0 Å². The molecule has 0 saturated heterocycles. The van der Waals surface area contributed by atoms with Crippen LogP contribution in [0.25, 0.3) is 11.3 Å². The minimum absolute atomic E-state index is 0.377. The van der Waals surface area contributed by atoms with E-state index in [1.165, 1.54) is 0 Å². The van der Waals surface area contributed by atoms with Gasteiger partial charge in [-0.05, 0) is 12.1 Å². The Morgan fingerprint density at radius 3 is 3.00 bits per heavy atom. The first kappa shape index (κ1) is 8.90. The quantitative estimate of drug-likeness (QED) is 0.777. The number of hydrogen-bond acceptors (Lipinski definition) is 4. The van der Waals surface area contributed by atoms with Crippen LogP contribution in [0.15, 0.2) is 28.9 Å². The van der Waals surface area contributed by atoms with Gasteiger partial charge >= 0.3 is 0 Å². The number of aryl methyl sites for hydroxylation is 1. The molecule has 0 spiro atoms. The summed E-state index contributed by atoms with van der Waals surface area (Å²) in [5.41, 5.74) is 7.24. The average Bonchev–Trinajstić information content (AvgIpc) is 2.61. The molecule has 2 aromatic rings. The average molecular weight is 189 g/mol. The molecule has 4 nitrogen and oxygen atoms in total. The molecule has 4 heteroatoms. The first-order valence-electron chi connectivity index (χ1n) is 4.38. The van der Waals surface area contributed by atoms with E-state index in [-0.39, 0.29) is 0 Å². The second kappa shape index (κ2) is 3.59. The molecule has 0 aliphatic carbocycles. The van der Waals surface area contributed by atoms with Crippen molar-refractivity contribution in [1.29, 1.82) is 0 Å². The molecule has 2 rings (SSSR count). The molecule has 0 fully saturated rings. The van der Waals surface area contributed by atoms with Crippen molar-refractivity contribution in [2.24, 2.45) is 5.73 Å². The second-order valence-corrected chi connectivity index (χ2v) is 2.95. The lowest BCUT2D eigenvalue weighted by Gasteiger charge is -1.96. The molecule has 0 saturated carbocycles. The van der Waals surface area contributed by atoms with Crippen molar-refractivity contribution in [3.05, 3.63) is 36.1 Å². The minimum Gasteiger partial charge on any atom is -0.441 e. The Labute approximate surface area is 81.8 Å². The largest absolute Gasteiger partial charge is 0.441 e. The van der Waals surface area contributed by atoms with E-state index in [0.717, 1.165) is 17.0 Å². The highest BCUT2D eigenvalue weighted by molar-refractivity contribution is 5.58. The van der Waals surface area contributed by atoms with Crippen molar-refractivity contribution in [2.75, 3.05) is 0 Å². The van der Waals surface area contributed by atoms with Gasteiger partial charge in [0.25, 0.3) is 0 Å². The summed E-state index contributed by atoms with van der Waals surface area (Å²) < 4.78 is 5.46. The van der Waals surface area contributed by atoms with Crippen molar-refractivity contribution >= 4 is 0 Å². The van der Waals surface area contributed by atoms with E-state index in [9.17, 15) is 0 Å². The highest BCUT2D eigenvalue weighted by Crippen LogP contribution is 2.23. The van der Waals surface area contributed by atoms with Crippen LogP contribution in [0.2, 0.25) is 0 Å². The van der Waals surface area contributed by atoms with Crippen molar-refractivity contribution in [3.63, 3.8) is 0 Å². The number of nitrogens with two attached hydrogens (primary N) is 1. The van der Waals surface area contributed by atoms with E-state index < -0.39 is 0 Å². The summed E-state index contributed by atoms with van der Waals surface area (Å²) in [4.78, 5) is 8.20. The molecule has 2 aromatic heterocycles. The Hall–Kier alpha value is -1.68. The maximum absolute atomic E-state index is 5.56. The number of aromatic nitrogens is 2. The fraction of sp³-hybridized carbons (Fsp3) is 0.200. The van der Waals surface area contributed by atoms with Crippen LogP contribution < -0.4 is 5.73 Å². The van der Waals surface area contributed by atoms with Crippen molar-refractivity contribution in [2.45, 2.75) is 13.5 Å². The summed E-state index contributed by atoms with van der Waals surface area (Å²) in [7, 11) is 0. The molecule has 14 heavy (non-hydrogen) atoms. The van der Waals surface area contributed by atoms with Crippen molar-refractivity contribution < 1.29 is 4.42 Å². The van der Waals surface area contributed by atoms with Gasteiger partial charge in [-0.3, -0.25) is 4.98 Å². The van der Waals surface area contributed by atoms with Gasteiger partial charge < -0.3 is 10.2 Å². The maximum Gasteiger partial charge on any atom is 0.192 e. The standard InChI is InChI=1S/C10H11N3O/c1-7-13-9(5-11)10(14-7)8-3-2-4-12-6-8/h2-4,6H,5,11H2,1H3. The number of oxazole rings is 1. The van der Waals surface area contributed by atoms with E-state index in [2.05, 4.69) is 9.97 Å². The molecule has 0 atom stereocenters. The highest BCUT2D eigenvalue weighted by atomic mass is 16.4. The summed E-state index contributed by atoms with van der Waals surface area (Å²) in [6.07, 6.45) is 3.45. The summed E-state index contributed by atoms with van der Waals surface area (Å²) in [6.45, 7) is 2.18. The van der Waals surface area contributed by atoms with Crippen LogP contribution in [0.4, 0.5) is 0 Å². The second-order valence-electron chi connectivity index (χ2n) is 2.95. The van der Waals surface area contributed by atoms with Crippen LogP contribution in [-0.4, -0.2) is 9.97 Å². The molecule has 0 radical (unpaired) electrons. The van der Waals surface area contributed by atoms with Crippen LogP contribution in [0.1, 0.15) is 11.6 Å². The van der Waals surface area contributed by atoms with E-state index in [0.29, 0.717) is 12.4 Å². The molecule has 0 amide bonds. The lowest BCUT2D eigenvalue weighted by Crippen LogP contribution is -1.98. The zero-order valence-electron chi connectivity index (χ0n) is 7.90. The Kier molecular flexibility index (Phi) is 2.28. The molecule has 72 valence electrons. The van der Waals surface area contributed by atoms with Gasteiger partial charge in [0.15, 0.2) is 11.7 Å². The van der Waals surface area contributed by atoms with E-state index >= 15 is 0 Å². The topological polar surface area (TPSA) is 64.9 Å². The Balaban J connectivity index is 2.51. The summed E-state index contributed by atoms with van der Waals surface area (Å²) in [5.74, 6) is 1.35. The number of pyridine rings is 1. The molecule has 2 N–H and O–H groups in total. The van der Waals surface area contributed by atoms with Crippen molar-refractivity contribution in [1.82, 2.24) is 9.97 Å². The van der Waals surface area contributed by atoms with Gasteiger partial charge in [0.05, 0.1) is 0 Å². The molecule has 0 aliphatic rings. The maximum atomic E-state index is 5.56. The Morgan fingerprint density at radius 1 is 1.50 bits per heavy atom. The molecule has 0 bridgehead atoms. The zero-order chi connectivity index (χ0) is 9.97. The lowest BCUT2D eigenvalue weighted by atomic mass is 10.2. The fourth-order valence-electron chi connectivity index (χ4n) is 1.33. The molecule has 0 unspecified atom stereocenters. The lowest BCUT2D eigenvalue weighted by molar-refractivity contribution is 0.533.